The van der Waals surface area contributed by atoms with Gasteiger partial charge in [-0.05, 0) is 12.8 Å². The number of carboxylic acid groups (broad SMARTS) is 1. The molecule has 21 heavy (non-hydrogen) atoms. The van der Waals surface area contributed by atoms with Gasteiger partial charge in [-0.25, -0.2) is 0 Å². The second-order valence-corrected chi connectivity index (χ2v) is 4.91. The van der Waals surface area contributed by atoms with Crippen molar-refractivity contribution in [3.05, 3.63) is 12.2 Å². The quantitative estimate of drug-likeness (QED) is 0.349. The predicted molar refractivity (Wildman–Crippen MR) is 82.1 cm³/mol. The Morgan fingerprint density at radius 1 is 1.19 bits per heavy atom. The molecule has 0 spiro atoms. The molecule has 0 fully saturated rings. The van der Waals surface area contributed by atoms with E-state index < -0.39 is 5.97 Å². The van der Waals surface area contributed by atoms with E-state index in [-0.39, 0.29) is 19.1 Å². The molecule has 0 aromatic rings. The lowest BCUT2D eigenvalue weighted by Crippen LogP contribution is -2.38. The summed E-state index contributed by atoms with van der Waals surface area (Å²) in [7, 11) is 0. The van der Waals surface area contributed by atoms with Crippen molar-refractivity contribution in [1.29, 1.82) is 0 Å². The van der Waals surface area contributed by atoms with Gasteiger partial charge in [-0.1, -0.05) is 31.9 Å². The number of carbonyl (C=O) groups excluding carboxylic acids is 1. The molecule has 0 heterocycles. The first-order chi connectivity index (χ1) is 10.1. The number of hydrogen-bond acceptors (Lipinski definition) is 4. The molecule has 0 saturated carbocycles. The van der Waals surface area contributed by atoms with Crippen molar-refractivity contribution in [2.45, 2.75) is 39.0 Å². The molecule has 122 valence electrons. The zero-order valence-electron chi connectivity index (χ0n) is 12.9. The molecule has 0 rings (SSSR count). The number of aliphatic carboxylic acids is 1. The van der Waals surface area contributed by atoms with Crippen molar-refractivity contribution in [2.75, 3.05) is 32.8 Å². The van der Waals surface area contributed by atoms with Gasteiger partial charge in [0, 0.05) is 32.7 Å². The summed E-state index contributed by atoms with van der Waals surface area (Å²) < 4.78 is 0. The summed E-state index contributed by atoms with van der Waals surface area (Å²) in [5.74, 6) is -0.960. The smallest absolute Gasteiger partial charge is 0.317 e. The predicted octanol–water partition coefficient (Wildman–Crippen LogP) is 1.01. The first-order valence-corrected chi connectivity index (χ1v) is 7.56. The lowest BCUT2D eigenvalue weighted by molar-refractivity contribution is -0.138. The fourth-order valence-electron chi connectivity index (χ4n) is 1.81. The van der Waals surface area contributed by atoms with Gasteiger partial charge in [0.25, 0.3) is 0 Å². The number of nitrogens with zero attached hydrogens (tertiary/aromatic N) is 1. The third kappa shape index (κ3) is 13.3. The molecule has 0 aromatic heterocycles. The lowest BCUT2D eigenvalue weighted by Gasteiger charge is -2.19. The molecule has 0 aliphatic heterocycles. The van der Waals surface area contributed by atoms with Gasteiger partial charge in [-0.15, -0.1) is 0 Å². The fraction of sp³-hybridized carbons (Fsp3) is 0.733. The average molecular weight is 300 g/mol. The van der Waals surface area contributed by atoms with Crippen LogP contribution in [0.15, 0.2) is 12.2 Å². The number of rotatable bonds is 13. The molecule has 6 nitrogen and oxygen atoms in total. The van der Waals surface area contributed by atoms with Crippen LogP contribution in [-0.2, 0) is 9.59 Å². The zero-order valence-corrected chi connectivity index (χ0v) is 12.9. The van der Waals surface area contributed by atoms with Crippen molar-refractivity contribution >= 4 is 11.9 Å². The minimum atomic E-state index is -0.905. The molecule has 1 amide bonds. The number of carbonyl (C=O) groups is 2. The highest BCUT2D eigenvalue weighted by molar-refractivity contribution is 5.77. The molecule has 0 aromatic carbocycles. The lowest BCUT2D eigenvalue weighted by atomic mass is 10.2. The minimum absolute atomic E-state index is 0.0328. The third-order valence-corrected chi connectivity index (χ3v) is 2.94. The maximum atomic E-state index is 11.6. The number of aliphatic hydroxyl groups is 1. The van der Waals surface area contributed by atoms with E-state index in [1.54, 1.807) is 4.90 Å². The Hall–Kier alpha value is -1.40. The van der Waals surface area contributed by atoms with E-state index in [4.69, 9.17) is 10.2 Å². The largest absolute Gasteiger partial charge is 0.480 e. The van der Waals surface area contributed by atoms with Gasteiger partial charge in [0.05, 0.1) is 6.54 Å². The third-order valence-electron chi connectivity index (χ3n) is 2.94. The topological polar surface area (TPSA) is 89.9 Å². The Morgan fingerprint density at radius 2 is 1.95 bits per heavy atom. The van der Waals surface area contributed by atoms with Crippen molar-refractivity contribution in [2.24, 2.45) is 0 Å². The molecular weight excluding hydrogens is 272 g/mol. The summed E-state index contributed by atoms with van der Waals surface area (Å²) in [4.78, 5) is 24.0. The van der Waals surface area contributed by atoms with Crippen LogP contribution in [0.5, 0.6) is 0 Å². The molecule has 6 heteroatoms. The Kier molecular flexibility index (Phi) is 12.7. The maximum Gasteiger partial charge on any atom is 0.317 e. The Morgan fingerprint density at radius 3 is 2.57 bits per heavy atom. The Bertz CT molecular complexity index is 319. The first-order valence-electron chi connectivity index (χ1n) is 7.56. The molecule has 0 aliphatic carbocycles. The highest BCUT2D eigenvalue weighted by atomic mass is 16.4. The van der Waals surface area contributed by atoms with Gasteiger partial charge in [0.15, 0.2) is 0 Å². The zero-order chi connectivity index (χ0) is 15.9. The first kappa shape index (κ1) is 19.6. The standard InChI is InChI=1S/C15H28N2O4/c1-2-3-4-5-6-8-14(19)16-9-11-17(10-7-12-18)13-15(20)21/h5-6,18H,2-4,7-13H2,1H3,(H,16,19)(H,20,21)/b6-5+. The van der Waals surface area contributed by atoms with Crippen LogP contribution in [0, 0.1) is 0 Å². The normalized spacial score (nSPS) is 11.2. The van der Waals surface area contributed by atoms with E-state index in [9.17, 15) is 9.59 Å². The molecule has 0 unspecified atom stereocenters. The number of unbranched alkanes of at least 4 members (excludes halogenated alkanes) is 2. The van der Waals surface area contributed by atoms with Gasteiger partial charge in [0.2, 0.25) is 5.91 Å². The highest BCUT2D eigenvalue weighted by Crippen LogP contribution is 1.96. The van der Waals surface area contributed by atoms with Crippen molar-refractivity contribution in [1.82, 2.24) is 10.2 Å². The van der Waals surface area contributed by atoms with Crippen LogP contribution in [0.1, 0.15) is 39.0 Å². The van der Waals surface area contributed by atoms with Crippen LogP contribution in [0.4, 0.5) is 0 Å². The van der Waals surface area contributed by atoms with Gasteiger partial charge in [-0.3, -0.25) is 14.5 Å². The van der Waals surface area contributed by atoms with Crippen LogP contribution in [0.3, 0.4) is 0 Å². The number of amides is 1. The highest BCUT2D eigenvalue weighted by Gasteiger charge is 2.09. The number of hydrogen-bond donors (Lipinski definition) is 3. The Labute approximate surface area is 126 Å². The number of nitrogens with one attached hydrogen (secondary N) is 1. The summed E-state index contributed by atoms with van der Waals surface area (Å²) >= 11 is 0. The molecule has 0 bridgehead atoms. The summed E-state index contributed by atoms with van der Waals surface area (Å²) in [6, 6.07) is 0. The van der Waals surface area contributed by atoms with Crippen LogP contribution in [0.25, 0.3) is 0 Å². The van der Waals surface area contributed by atoms with Crippen molar-refractivity contribution in [3.8, 4) is 0 Å². The van der Waals surface area contributed by atoms with E-state index in [1.165, 1.54) is 0 Å². The van der Waals surface area contributed by atoms with E-state index >= 15 is 0 Å². The molecule has 3 N–H and O–H groups in total. The molecule has 0 saturated heterocycles. The second kappa shape index (κ2) is 13.6. The van der Waals surface area contributed by atoms with Crippen LogP contribution in [-0.4, -0.2) is 59.8 Å². The molecule has 0 atom stereocenters. The van der Waals surface area contributed by atoms with Crippen molar-refractivity contribution in [3.63, 3.8) is 0 Å². The van der Waals surface area contributed by atoms with E-state index in [0.717, 1.165) is 19.3 Å². The molecule has 0 aliphatic rings. The summed E-state index contributed by atoms with van der Waals surface area (Å²) in [6.07, 6.45) is 8.04. The van der Waals surface area contributed by atoms with Gasteiger partial charge in [0.1, 0.15) is 0 Å². The summed E-state index contributed by atoms with van der Waals surface area (Å²) in [6.45, 7) is 3.48. The van der Waals surface area contributed by atoms with Crippen LogP contribution in [0.2, 0.25) is 0 Å². The fourth-order valence-corrected chi connectivity index (χ4v) is 1.81. The summed E-state index contributed by atoms with van der Waals surface area (Å²) in [5.41, 5.74) is 0. The van der Waals surface area contributed by atoms with Gasteiger partial charge in [-0.2, -0.15) is 0 Å². The van der Waals surface area contributed by atoms with E-state index in [2.05, 4.69) is 12.2 Å². The average Bonchev–Trinajstić information content (AvgIpc) is 2.43. The summed E-state index contributed by atoms with van der Waals surface area (Å²) in [5, 5.41) is 20.3. The van der Waals surface area contributed by atoms with Crippen molar-refractivity contribution < 1.29 is 19.8 Å². The van der Waals surface area contributed by atoms with E-state index in [1.807, 2.05) is 12.2 Å². The van der Waals surface area contributed by atoms with E-state index in [0.29, 0.717) is 32.5 Å². The number of aliphatic hydroxyl groups excluding tert-OH is 1. The number of allylic oxidation sites excluding steroid dienone is 1. The minimum Gasteiger partial charge on any atom is -0.480 e. The van der Waals surface area contributed by atoms with Gasteiger partial charge >= 0.3 is 5.97 Å². The SMILES string of the molecule is CCCC/C=C/CC(=O)NCCN(CCCO)CC(=O)O. The molecular formula is C15H28N2O4. The second-order valence-electron chi connectivity index (χ2n) is 4.91. The maximum absolute atomic E-state index is 11.6. The molecule has 0 radical (unpaired) electrons. The number of carboxylic acids is 1. The monoisotopic (exact) mass is 300 g/mol. The Balaban J connectivity index is 3.82. The van der Waals surface area contributed by atoms with Crippen LogP contribution < -0.4 is 5.32 Å². The van der Waals surface area contributed by atoms with Crippen LogP contribution >= 0.6 is 0 Å². The van der Waals surface area contributed by atoms with Gasteiger partial charge < -0.3 is 15.5 Å².